The SMILES string of the molecule is OC[C@H]1OC(O)[C@H](Nc2ccc(-c3ccccc3P(C3CCCCC3)C3CCCCC3)cc2)[C@@H](O)[C@@H]1O. The molecule has 1 aliphatic heterocycles. The third-order valence-corrected chi connectivity index (χ3v) is 12.1. The molecule has 0 bridgehead atoms. The van der Waals surface area contributed by atoms with Crippen molar-refractivity contribution < 1.29 is 25.2 Å². The lowest BCUT2D eigenvalue weighted by atomic mass is 9.96. The molecule has 0 aromatic heterocycles. The molecule has 1 heterocycles. The molecule has 5 atom stereocenters. The van der Waals surface area contributed by atoms with Crippen molar-refractivity contribution in [2.45, 2.75) is 106 Å². The minimum atomic E-state index is -1.34. The zero-order valence-electron chi connectivity index (χ0n) is 21.6. The second kappa shape index (κ2) is 12.5. The van der Waals surface area contributed by atoms with Crippen LogP contribution in [0.15, 0.2) is 48.5 Å². The van der Waals surface area contributed by atoms with Gasteiger partial charge in [-0.25, -0.2) is 0 Å². The third kappa shape index (κ3) is 6.06. The summed E-state index contributed by atoms with van der Waals surface area (Å²) in [5, 5.41) is 45.0. The molecule has 6 nitrogen and oxygen atoms in total. The lowest BCUT2D eigenvalue weighted by Crippen LogP contribution is -2.61. The van der Waals surface area contributed by atoms with E-state index in [4.69, 9.17) is 4.74 Å². The van der Waals surface area contributed by atoms with Crippen LogP contribution in [0.25, 0.3) is 11.1 Å². The maximum Gasteiger partial charge on any atom is 0.178 e. The van der Waals surface area contributed by atoms with E-state index in [0.29, 0.717) is 0 Å². The number of rotatable bonds is 7. The fourth-order valence-electron chi connectivity index (χ4n) is 6.54. The first-order chi connectivity index (χ1) is 18.1. The van der Waals surface area contributed by atoms with Crippen molar-refractivity contribution in [1.29, 1.82) is 0 Å². The van der Waals surface area contributed by atoms with Crippen molar-refractivity contribution >= 4 is 18.9 Å². The van der Waals surface area contributed by atoms with E-state index in [1.54, 1.807) is 5.30 Å². The quantitative estimate of drug-likeness (QED) is 0.344. The van der Waals surface area contributed by atoms with Gasteiger partial charge in [-0.2, -0.15) is 0 Å². The molecular weight excluding hydrogens is 485 g/mol. The van der Waals surface area contributed by atoms with Crippen LogP contribution in [0.4, 0.5) is 5.69 Å². The predicted molar refractivity (Wildman–Crippen MR) is 150 cm³/mol. The van der Waals surface area contributed by atoms with E-state index in [-0.39, 0.29) is 7.92 Å². The molecule has 1 saturated heterocycles. The Hall–Kier alpha value is -1.53. The zero-order chi connectivity index (χ0) is 25.8. The minimum Gasteiger partial charge on any atom is -0.394 e. The highest BCUT2D eigenvalue weighted by Crippen LogP contribution is 2.56. The lowest BCUT2D eigenvalue weighted by molar-refractivity contribution is -0.245. The van der Waals surface area contributed by atoms with E-state index < -0.39 is 37.3 Å². The highest BCUT2D eigenvalue weighted by Gasteiger charge is 2.43. The van der Waals surface area contributed by atoms with Crippen LogP contribution in [0.1, 0.15) is 64.2 Å². The van der Waals surface area contributed by atoms with Crippen LogP contribution in [-0.2, 0) is 4.74 Å². The van der Waals surface area contributed by atoms with Crippen LogP contribution in [0, 0.1) is 0 Å². The van der Waals surface area contributed by atoms with Crippen LogP contribution >= 0.6 is 7.92 Å². The van der Waals surface area contributed by atoms with Gasteiger partial charge in [0, 0.05) is 5.69 Å². The van der Waals surface area contributed by atoms with Crippen molar-refractivity contribution in [3.8, 4) is 11.1 Å². The molecule has 0 spiro atoms. The number of aliphatic hydroxyl groups is 4. The normalized spacial score (nSPS) is 29.9. The van der Waals surface area contributed by atoms with Gasteiger partial charge in [0.15, 0.2) is 6.29 Å². The van der Waals surface area contributed by atoms with Gasteiger partial charge >= 0.3 is 0 Å². The Bertz CT molecular complexity index is 974. The molecule has 2 aliphatic carbocycles. The van der Waals surface area contributed by atoms with Gasteiger partial charge in [0.05, 0.1) is 6.61 Å². The summed E-state index contributed by atoms with van der Waals surface area (Å²) in [6.45, 7) is -0.472. The number of hydrogen-bond donors (Lipinski definition) is 5. The topological polar surface area (TPSA) is 102 Å². The zero-order valence-corrected chi connectivity index (χ0v) is 22.5. The molecule has 2 saturated carbocycles. The van der Waals surface area contributed by atoms with Gasteiger partial charge < -0.3 is 30.5 Å². The molecule has 202 valence electrons. The Morgan fingerprint density at radius 3 is 1.95 bits per heavy atom. The first-order valence-corrected chi connectivity index (χ1v) is 15.6. The van der Waals surface area contributed by atoms with Crippen LogP contribution in [0.3, 0.4) is 0 Å². The second-order valence-electron chi connectivity index (χ2n) is 11.0. The number of aliphatic hydroxyl groups excluding tert-OH is 4. The van der Waals surface area contributed by atoms with Gasteiger partial charge in [-0.05, 0) is 65.6 Å². The second-order valence-corrected chi connectivity index (χ2v) is 13.7. The molecule has 5 rings (SSSR count). The number of hydrogen-bond acceptors (Lipinski definition) is 6. The summed E-state index contributed by atoms with van der Waals surface area (Å²) in [6, 6.07) is 16.2. The summed E-state index contributed by atoms with van der Waals surface area (Å²) in [6.07, 6.45) is 8.83. The van der Waals surface area contributed by atoms with E-state index in [1.807, 2.05) is 12.1 Å². The van der Waals surface area contributed by atoms with Crippen molar-refractivity contribution in [1.82, 2.24) is 0 Å². The molecule has 0 amide bonds. The van der Waals surface area contributed by atoms with Gasteiger partial charge in [0.1, 0.15) is 24.4 Å². The number of ether oxygens (including phenoxy) is 1. The minimum absolute atomic E-state index is 0.228. The lowest BCUT2D eigenvalue weighted by Gasteiger charge is -2.40. The van der Waals surface area contributed by atoms with Gasteiger partial charge in [0.2, 0.25) is 0 Å². The van der Waals surface area contributed by atoms with Gasteiger partial charge in [-0.3, -0.25) is 0 Å². The molecule has 2 aromatic rings. The molecule has 3 fully saturated rings. The van der Waals surface area contributed by atoms with Crippen LogP contribution in [-0.4, -0.2) is 69.0 Å². The standard InChI is InChI=1S/C30H42NO5P/c32-19-25-28(33)29(34)27(30(35)36-25)31-21-17-15-20(16-18-21)24-13-7-8-14-26(24)37(22-9-3-1-4-10-22)23-11-5-2-6-12-23/h7-8,13-18,22-23,25,27-35H,1-6,9-12,19H2/t25-,27-,28-,29-,30?/m1/s1. The summed E-state index contributed by atoms with van der Waals surface area (Å²) in [7, 11) is -0.228. The Balaban J connectivity index is 1.38. The maximum absolute atomic E-state index is 10.5. The monoisotopic (exact) mass is 527 g/mol. The van der Waals surface area contributed by atoms with E-state index in [0.717, 1.165) is 17.0 Å². The van der Waals surface area contributed by atoms with Gasteiger partial charge in [-0.15, -0.1) is 0 Å². The average molecular weight is 528 g/mol. The summed E-state index contributed by atoms with van der Waals surface area (Å²) < 4.78 is 5.29. The highest BCUT2D eigenvalue weighted by molar-refractivity contribution is 7.67. The smallest absolute Gasteiger partial charge is 0.178 e. The summed E-state index contributed by atoms with van der Waals surface area (Å²) in [5.41, 5.74) is 4.90. The molecular formula is C30H42NO5P. The Labute approximate surface area is 221 Å². The summed E-state index contributed by atoms with van der Waals surface area (Å²) in [5.74, 6) is 0. The van der Waals surface area contributed by atoms with Crippen molar-refractivity contribution in [3.63, 3.8) is 0 Å². The molecule has 2 aromatic carbocycles. The number of nitrogens with one attached hydrogen (secondary N) is 1. The highest BCUT2D eigenvalue weighted by atomic mass is 31.1. The van der Waals surface area contributed by atoms with Gasteiger partial charge in [0.25, 0.3) is 0 Å². The van der Waals surface area contributed by atoms with E-state index >= 15 is 0 Å². The van der Waals surface area contributed by atoms with Crippen molar-refractivity contribution in [2.75, 3.05) is 11.9 Å². The maximum atomic E-state index is 10.5. The Kier molecular flexibility index (Phi) is 9.18. The fraction of sp³-hybridized carbons (Fsp3) is 0.600. The van der Waals surface area contributed by atoms with Crippen molar-refractivity contribution in [3.05, 3.63) is 48.5 Å². The van der Waals surface area contributed by atoms with Crippen LogP contribution in [0.2, 0.25) is 0 Å². The third-order valence-electron chi connectivity index (χ3n) is 8.55. The van der Waals surface area contributed by atoms with Crippen LogP contribution in [0.5, 0.6) is 0 Å². The van der Waals surface area contributed by atoms with Crippen LogP contribution < -0.4 is 10.6 Å². The molecule has 0 radical (unpaired) electrons. The first kappa shape index (κ1) is 27.1. The summed E-state index contributed by atoms with van der Waals surface area (Å²) in [4.78, 5) is 0. The molecule has 37 heavy (non-hydrogen) atoms. The van der Waals surface area contributed by atoms with E-state index in [9.17, 15) is 20.4 Å². The Morgan fingerprint density at radius 2 is 1.35 bits per heavy atom. The molecule has 5 N–H and O–H groups in total. The number of anilines is 1. The average Bonchev–Trinajstić information content (AvgIpc) is 2.95. The fourth-order valence-corrected chi connectivity index (χ4v) is 10.5. The number of benzene rings is 2. The van der Waals surface area contributed by atoms with Crippen molar-refractivity contribution in [2.24, 2.45) is 0 Å². The summed E-state index contributed by atoms with van der Waals surface area (Å²) >= 11 is 0. The Morgan fingerprint density at radius 1 is 0.757 bits per heavy atom. The molecule has 3 aliphatic rings. The molecule has 7 heteroatoms. The largest absolute Gasteiger partial charge is 0.394 e. The van der Waals surface area contributed by atoms with E-state index in [2.05, 4.69) is 41.7 Å². The van der Waals surface area contributed by atoms with Gasteiger partial charge in [-0.1, -0.05) is 82.8 Å². The van der Waals surface area contributed by atoms with E-state index in [1.165, 1.54) is 75.3 Å². The molecule has 1 unspecified atom stereocenters. The predicted octanol–water partition coefficient (Wildman–Crippen LogP) is 4.34. The first-order valence-electron chi connectivity index (χ1n) is 14.1.